The van der Waals surface area contributed by atoms with Gasteiger partial charge < -0.3 is 4.74 Å². The SMILES string of the molecule is [CH2]CCc1cccc(CCCc2ccc(OC)cc2)c1-c1ccc(C)cc1. The first kappa shape index (κ1) is 19.2. The van der Waals surface area contributed by atoms with Gasteiger partial charge >= 0.3 is 0 Å². The lowest BCUT2D eigenvalue weighted by Gasteiger charge is -2.16. The zero-order chi connectivity index (χ0) is 19.1. The summed E-state index contributed by atoms with van der Waals surface area (Å²) >= 11 is 0. The van der Waals surface area contributed by atoms with Crippen molar-refractivity contribution >= 4 is 0 Å². The molecule has 0 saturated heterocycles. The molecule has 0 bridgehead atoms. The van der Waals surface area contributed by atoms with Crippen LogP contribution in [-0.2, 0) is 19.3 Å². The maximum atomic E-state index is 5.25. The second-order valence-corrected chi connectivity index (χ2v) is 7.12. The van der Waals surface area contributed by atoms with Crippen molar-refractivity contribution in [3.05, 3.63) is 95.9 Å². The van der Waals surface area contributed by atoms with Crippen molar-refractivity contribution in [1.29, 1.82) is 0 Å². The molecule has 27 heavy (non-hydrogen) atoms. The van der Waals surface area contributed by atoms with Gasteiger partial charge in [-0.3, -0.25) is 0 Å². The molecule has 139 valence electrons. The average molecular weight is 358 g/mol. The summed E-state index contributed by atoms with van der Waals surface area (Å²) in [6.45, 7) is 6.21. The van der Waals surface area contributed by atoms with Crippen LogP contribution >= 0.6 is 0 Å². The van der Waals surface area contributed by atoms with E-state index < -0.39 is 0 Å². The van der Waals surface area contributed by atoms with Crippen molar-refractivity contribution in [3.63, 3.8) is 0 Å². The zero-order valence-corrected chi connectivity index (χ0v) is 16.5. The van der Waals surface area contributed by atoms with E-state index in [9.17, 15) is 0 Å². The molecule has 0 aliphatic rings. The predicted molar refractivity (Wildman–Crippen MR) is 115 cm³/mol. The van der Waals surface area contributed by atoms with Gasteiger partial charge in [-0.2, -0.15) is 0 Å². The van der Waals surface area contributed by atoms with E-state index in [4.69, 9.17) is 4.74 Å². The quantitative estimate of drug-likeness (QED) is 0.440. The number of benzene rings is 3. The van der Waals surface area contributed by atoms with Gasteiger partial charge in [0.05, 0.1) is 7.11 Å². The number of methoxy groups -OCH3 is 1. The number of rotatable bonds is 8. The monoisotopic (exact) mass is 357 g/mol. The van der Waals surface area contributed by atoms with E-state index in [1.165, 1.54) is 33.4 Å². The minimum atomic E-state index is 0.918. The third-order valence-electron chi connectivity index (χ3n) is 5.09. The van der Waals surface area contributed by atoms with E-state index >= 15 is 0 Å². The number of aryl methyl sites for hydroxylation is 4. The van der Waals surface area contributed by atoms with E-state index in [0.717, 1.165) is 37.9 Å². The van der Waals surface area contributed by atoms with Crippen molar-refractivity contribution in [1.82, 2.24) is 0 Å². The summed E-state index contributed by atoms with van der Waals surface area (Å²) in [6.07, 6.45) is 5.25. The lowest BCUT2D eigenvalue weighted by molar-refractivity contribution is 0.414. The molecular weight excluding hydrogens is 328 g/mol. The van der Waals surface area contributed by atoms with Crippen molar-refractivity contribution in [2.45, 2.75) is 39.0 Å². The molecule has 0 heterocycles. The molecule has 0 spiro atoms. The first-order chi connectivity index (χ1) is 13.2. The van der Waals surface area contributed by atoms with Crippen molar-refractivity contribution in [2.24, 2.45) is 0 Å². The zero-order valence-electron chi connectivity index (χ0n) is 16.5. The second kappa shape index (κ2) is 9.41. The minimum Gasteiger partial charge on any atom is -0.497 e. The van der Waals surface area contributed by atoms with Crippen LogP contribution in [0.4, 0.5) is 0 Å². The molecule has 0 fully saturated rings. The number of hydrogen-bond acceptors (Lipinski definition) is 1. The Kier molecular flexibility index (Phi) is 6.70. The number of hydrogen-bond donors (Lipinski definition) is 0. The molecule has 0 aliphatic heterocycles. The van der Waals surface area contributed by atoms with Gasteiger partial charge in [0.25, 0.3) is 0 Å². The van der Waals surface area contributed by atoms with Crippen molar-refractivity contribution in [2.75, 3.05) is 7.11 Å². The Labute approximate surface area is 164 Å². The van der Waals surface area contributed by atoms with Crippen LogP contribution in [0.2, 0.25) is 0 Å². The van der Waals surface area contributed by atoms with Crippen molar-refractivity contribution in [3.8, 4) is 16.9 Å². The fraction of sp³-hybridized carbons (Fsp3) is 0.269. The topological polar surface area (TPSA) is 9.23 Å². The van der Waals surface area contributed by atoms with E-state index in [1.807, 2.05) is 12.1 Å². The lowest BCUT2D eigenvalue weighted by atomic mass is 9.89. The summed E-state index contributed by atoms with van der Waals surface area (Å²) in [4.78, 5) is 0. The summed E-state index contributed by atoms with van der Waals surface area (Å²) < 4.78 is 5.25. The van der Waals surface area contributed by atoms with Crippen LogP contribution in [0.15, 0.2) is 66.7 Å². The van der Waals surface area contributed by atoms with Gasteiger partial charge in [0.1, 0.15) is 5.75 Å². The standard InChI is InChI=1S/C26H29O/c1-4-7-22-10-6-11-23(26(22)24-16-12-20(2)13-17-24)9-5-8-21-14-18-25(27-3)19-15-21/h6,10-19H,1,4-5,7-9H2,2-3H3. The first-order valence-electron chi connectivity index (χ1n) is 9.81. The summed E-state index contributed by atoms with van der Waals surface area (Å²) in [7, 11) is 1.71. The van der Waals surface area contributed by atoms with Crippen LogP contribution in [0.25, 0.3) is 11.1 Å². The molecule has 0 amide bonds. The molecule has 0 unspecified atom stereocenters. The fourth-order valence-corrected chi connectivity index (χ4v) is 3.63. The molecule has 0 saturated carbocycles. The third kappa shape index (κ3) is 5.01. The van der Waals surface area contributed by atoms with Crippen LogP contribution in [-0.4, -0.2) is 7.11 Å². The Balaban J connectivity index is 1.79. The molecule has 3 aromatic carbocycles. The first-order valence-corrected chi connectivity index (χ1v) is 9.81. The Morgan fingerprint density at radius 1 is 0.778 bits per heavy atom. The van der Waals surface area contributed by atoms with Gasteiger partial charge in [0.15, 0.2) is 0 Å². The Morgan fingerprint density at radius 2 is 1.44 bits per heavy atom. The molecule has 1 heteroatoms. The molecule has 3 rings (SSSR count). The normalized spacial score (nSPS) is 10.8. The minimum absolute atomic E-state index is 0.918. The smallest absolute Gasteiger partial charge is 0.118 e. The second-order valence-electron chi connectivity index (χ2n) is 7.12. The molecule has 0 aromatic heterocycles. The highest BCUT2D eigenvalue weighted by Gasteiger charge is 2.10. The van der Waals surface area contributed by atoms with Crippen LogP contribution in [0, 0.1) is 13.8 Å². The number of ether oxygens (including phenoxy) is 1. The fourth-order valence-electron chi connectivity index (χ4n) is 3.63. The third-order valence-corrected chi connectivity index (χ3v) is 5.09. The highest BCUT2D eigenvalue weighted by atomic mass is 16.5. The van der Waals surface area contributed by atoms with Crippen molar-refractivity contribution < 1.29 is 4.74 Å². The van der Waals surface area contributed by atoms with E-state index in [1.54, 1.807) is 7.11 Å². The van der Waals surface area contributed by atoms with Crippen LogP contribution in [0.5, 0.6) is 5.75 Å². The van der Waals surface area contributed by atoms with Gasteiger partial charge in [-0.05, 0) is 79.0 Å². The van der Waals surface area contributed by atoms with E-state index in [0.29, 0.717) is 0 Å². The van der Waals surface area contributed by atoms with Crippen LogP contribution in [0.1, 0.15) is 35.1 Å². The molecule has 0 aliphatic carbocycles. The predicted octanol–water partition coefficient (Wildman–Crippen LogP) is 6.61. The maximum Gasteiger partial charge on any atom is 0.118 e. The highest BCUT2D eigenvalue weighted by Crippen LogP contribution is 2.30. The van der Waals surface area contributed by atoms with Gasteiger partial charge in [0, 0.05) is 0 Å². The van der Waals surface area contributed by atoms with Gasteiger partial charge in [0.2, 0.25) is 0 Å². The highest BCUT2D eigenvalue weighted by molar-refractivity contribution is 5.71. The largest absolute Gasteiger partial charge is 0.497 e. The Bertz CT molecular complexity index is 844. The van der Waals surface area contributed by atoms with Gasteiger partial charge in [-0.1, -0.05) is 67.1 Å². The Hall–Kier alpha value is -2.54. The molecule has 3 aromatic rings. The van der Waals surface area contributed by atoms with E-state index in [-0.39, 0.29) is 0 Å². The lowest BCUT2D eigenvalue weighted by Crippen LogP contribution is -1.98. The summed E-state index contributed by atoms with van der Waals surface area (Å²) in [5.41, 5.74) is 8.25. The van der Waals surface area contributed by atoms with E-state index in [2.05, 4.69) is 68.4 Å². The van der Waals surface area contributed by atoms with Gasteiger partial charge in [-0.25, -0.2) is 0 Å². The molecular formula is C26H29O. The van der Waals surface area contributed by atoms with Crippen LogP contribution in [0.3, 0.4) is 0 Å². The molecule has 1 nitrogen and oxygen atoms in total. The summed E-state index contributed by atoms with van der Waals surface area (Å²) in [5.74, 6) is 0.918. The maximum absolute atomic E-state index is 5.25. The summed E-state index contributed by atoms with van der Waals surface area (Å²) in [5, 5.41) is 0. The Morgan fingerprint density at radius 3 is 2.07 bits per heavy atom. The average Bonchev–Trinajstić information content (AvgIpc) is 2.70. The van der Waals surface area contributed by atoms with Crippen LogP contribution < -0.4 is 4.74 Å². The molecule has 0 atom stereocenters. The molecule has 0 N–H and O–H groups in total. The molecule has 1 radical (unpaired) electrons. The van der Waals surface area contributed by atoms with Gasteiger partial charge in [-0.15, -0.1) is 0 Å². The summed E-state index contributed by atoms with van der Waals surface area (Å²) in [6, 6.07) is 24.1.